The molecule has 1 unspecified atom stereocenters. The Morgan fingerprint density at radius 3 is 2.16 bits per heavy atom. The van der Waals surface area contributed by atoms with E-state index < -0.39 is 0 Å². The fourth-order valence-electron chi connectivity index (χ4n) is 2.40. The summed E-state index contributed by atoms with van der Waals surface area (Å²) < 4.78 is 0. The van der Waals surface area contributed by atoms with E-state index in [0.29, 0.717) is 5.92 Å². The molecule has 1 atom stereocenters. The smallest absolute Gasteiger partial charge is 0.0580 e. The Bertz CT molecular complexity index is 326. The highest BCUT2D eigenvalue weighted by Crippen LogP contribution is 2.16. The van der Waals surface area contributed by atoms with E-state index in [2.05, 4.69) is 45.0 Å². The van der Waals surface area contributed by atoms with Crippen LogP contribution >= 0.6 is 0 Å². The highest BCUT2D eigenvalue weighted by molar-refractivity contribution is 5.25. The molecule has 0 aromatic heterocycles. The van der Waals surface area contributed by atoms with Crippen molar-refractivity contribution < 1.29 is 5.11 Å². The van der Waals surface area contributed by atoms with E-state index >= 15 is 0 Å². The van der Waals surface area contributed by atoms with E-state index in [1.807, 2.05) is 0 Å². The second-order valence-electron chi connectivity index (χ2n) is 5.96. The van der Waals surface area contributed by atoms with E-state index in [1.165, 1.54) is 36.8 Å². The van der Waals surface area contributed by atoms with Crippen molar-refractivity contribution in [1.29, 1.82) is 0 Å². The molecule has 0 saturated carbocycles. The molecule has 1 nitrogen and oxygen atoms in total. The summed E-state index contributed by atoms with van der Waals surface area (Å²) in [7, 11) is 0. The second kappa shape index (κ2) is 9.14. The lowest BCUT2D eigenvalue weighted by Gasteiger charge is -2.12. The highest BCUT2D eigenvalue weighted by atomic mass is 16.3. The van der Waals surface area contributed by atoms with Crippen LogP contribution in [0.3, 0.4) is 0 Å². The van der Waals surface area contributed by atoms with Crippen LogP contribution in [0.4, 0.5) is 0 Å². The van der Waals surface area contributed by atoms with Gasteiger partial charge in [-0.25, -0.2) is 0 Å². The molecule has 1 aromatic rings. The van der Waals surface area contributed by atoms with Gasteiger partial charge < -0.3 is 5.11 Å². The Balaban J connectivity index is 2.26. The van der Waals surface area contributed by atoms with Crippen LogP contribution in [0, 0.1) is 0 Å². The Morgan fingerprint density at radius 1 is 0.947 bits per heavy atom. The lowest BCUT2D eigenvalue weighted by atomic mass is 9.98. The Kier molecular flexibility index (Phi) is 7.81. The molecule has 0 aliphatic rings. The van der Waals surface area contributed by atoms with Crippen LogP contribution in [0.5, 0.6) is 0 Å². The van der Waals surface area contributed by atoms with Gasteiger partial charge in [0.2, 0.25) is 0 Å². The van der Waals surface area contributed by atoms with Crippen LogP contribution in [-0.4, -0.2) is 11.2 Å². The number of benzene rings is 1. The largest absolute Gasteiger partial charge is 0.393 e. The average molecular weight is 262 g/mol. The summed E-state index contributed by atoms with van der Waals surface area (Å²) in [6, 6.07) is 8.70. The Morgan fingerprint density at radius 2 is 1.58 bits per heavy atom. The monoisotopic (exact) mass is 262 g/mol. The number of hydrogen-bond donors (Lipinski definition) is 1. The Labute approximate surface area is 119 Å². The maximum Gasteiger partial charge on any atom is 0.0580 e. The van der Waals surface area contributed by atoms with E-state index in [9.17, 15) is 5.11 Å². The summed E-state index contributed by atoms with van der Waals surface area (Å²) in [5, 5.41) is 10.0. The first kappa shape index (κ1) is 16.2. The van der Waals surface area contributed by atoms with Gasteiger partial charge in [-0.3, -0.25) is 0 Å². The predicted octanol–water partition coefficient (Wildman–Crippen LogP) is 5.07. The van der Waals surface area contributed by atoms with E-state index in [0.717, 1.165) is 19.3 Å². The third-order valence-electron chi connectivity index (χ3n) is 3.76. The van der Waals surface area contributed by atoms with Crippen LogP contribution in [-0.2, 0) is 6.42 Å². The molecule has 1 heteroatoms. The van der Waals surface area contributed by atoms with Crippen molar-refractivity contribution in [3.63, 3.8) is 0 Å². The average Bonchev–Trinajstić information content (AvgIpc) is 2.39. The van der Waals surface area contributed by atoms with Gasteiger partial charge in [0.1, 0.15) is 0 Å². The molecule has 1 rings (SSSR count). The van der Waals surface area contributed by atoms with Gasteiger partial charge in [0, 0.05) is 0 Å². The highest BCUT2D eigenvalue weighted by Gasteiger charge is 2.06. The number of aliphatic hydroxyl groups excluding tert-OH is 1. The lowest BCUT2D eigenvalue weighted by Crippen LogP contribution is -2.10. The Hall–Kier alpha value is -0.820. The molecule has 0 fully saturated rings. The van der Waals surface area contributed by atoms with Crippen LogP contribution in [0.25, 0.3) is 0 Å². The summed E-state index contributed by atoms with van der Waals surface area (Å²) in [6.07, 6.45) is 7.90. The fraction of sp³-hybridized carbons (Fsp3) is 0.667. The molecule has 1 aromatic carbocycles. The van der Waals surface area contributed by atoms with Crippen molar-refractivity contribution in [2.75, 3.05) is 0 Å². The molecule has 0 aliphatic carbocycles. The first-order valence-corrected chi connectivity index (χ1v) is 7.90. The minimum Gasteiger partial charge on any atom is -0.393 e. The molecule has 19 heavy (non-hydrogen) atoms. The van der Waals surface area contributed by atoms with Crippen LogP contribution in [0.2, 0.25) is 0 Å². The van der Waals surface area contributed by atoms with E-state index in [4.69, 9.17) is 0 Å². The van der Waals surface area contributed by atoms with Gasteiger partial charge in [-0.05, 0) is 29.9 Å². The van der Waals surface area contributed by atoms with Gasteiger partial charge in [-0.15, -0.1) is 0 Å². The fourth-order valence-corrected chi connectivity index (χ4v) is 2.40. The molecule has 0 heterocycles. The van der Waals surface area contributed by atoms with Crippen LogP contribution in [0.15, 0.2) is 24.3 Å². The van der Waals surface area contributed by atoms with Crippen LogP contribution < -0.4 is 0 Å². The van der Waals surface area contributed by atoms with Gasteiger partial charge in [-0.2, -0.15) is 0 Å². The van der Waals surface area contributed by atoms with Crippen molar-refractivity contribution >= 4 is 0 Å². The zero-order valence-corrected chi connectivity index (χ0v) is 12.9. The van der Waals surface area contributed by atoms with Crippen molar-refractivity contribution in [1.82, 2.24) is 0 Å². The normalized spacial score (nSPS) is 12.9. The van der Waals surface area contributed by atoms with Gasteiger partial charge in [0.05, 0.1) is 6.10 Å². The minimum atomic E-state index is -0.175. The minimum absolute atomic E-state index is 0.175. The number of hydrogen-bond acceptors (Lipinski definition) is 1. The van der Waals surface area contributed by atoms with Crippen molar-refractivity contribution in [3.05, 3.63) is 35.4 Å². The standard InChI is InChI=1S/C18H30O/c1-4-5-6-7-8-9-18(19)14-16-10-12-17(13-11-16)15(2)3/h10-13,15,18-19H,4-9,14H2,1-3H3. The molecule has 0 bridgehead atoms. The molecular weight excluding hydrogens is 232 g/mol. The third-order valence-corrected chi connectivity index (χ3v) is 3.76. The van der Waals surface area contributed by atoms with Gasteiger partial charge in [0.25, 0.3) is 0 Å². The molecule has 0 radical (unpaired) electrons. The first-order chi connectivity index (χ1) is 9.13. The summed E-state index contributed by atoms with van der Waals surface area (Å²) in [6.45, 7) is 6.65. The third kappa shape index (κ3) is 6.77. The molecule has 0 amide bonds. The summed E-state index contributed by atoms with van der Waals surface area (Å²) in [5.74, 6) is 0.581. The molecular formula is C18H30O. The SMILES string of the molecule is CCCCCCCC(O)Cc1ccc(C(C)C)cc1. The number of aliphatic hydroxyl groups is 1. The molecule has 108 valence electrons. The number of unbranched alkanes of at least 4 members (excludes halogenated alkanes) is 4. The van der Waals surface area contributed by atoms with E-state index in [-0.39, 0.29) is 6.10 Å². The molecule has 0 spiro atoms. The van der Waals surface area contributed by atoms with Gasteiger partial charge in [-0.1, -0.05) is 77.1 Å². The summed E-state index contributed by atoms with van der Waals surface area (Å²) in [4.78, 5) is 0. The molecule has 0 saturated heterocycles. The quantitative estimate of drug-likeness (QED) is 0.616. The van der Waals surface area contributed by atoms with Gasteiger partial charge in [0.15, 0.2) is 0 Å². The first-order valence-electron chi connectivity index (χ1n) is 7.90. The maximum absolute atomic E-state index is 10.0. The molecule has 0 aliphatic heterocycles. The molecule has 1 N–H and O–H groups in total. The van der Waals surface area contributed by atoms with Crippen molar-refractivity contribution in [3.8, 4) is 0 Å². The number of rotatable bonds is 9. The van der Waals surface area contributed by atoms with Crippen molar-refractivity contribution in [2.24, 2.45) is 0 Å². The predicted molar refractivity (Wildman–Crippen MR) is 83.6 cm³/mol. The maximum atomic E-state index is 10.0. The van der Waals surface area contributed by atoms with Crippen molar-refractivity contribution in [2.45, 2.75) is 77.7 Å². The van der Waals surface area contributed by atoms with Gasteiger partial charge >= 0.3 is 0 Å². The lowest BCUT2D eigenvalue weighted by molar-refractivity contribution is 0.161. The summed E-state index contributed by atoms with van der Waals surface area (Å²) >= 11 is 0. The van der Waals surface area contributed by atoms with Crippen LogP contribution in [0.1, 0.15) is 76.3 Å². The zero-order chi connectivity index (χ0) is 14.1. The second-order valence-corrected chi connectivity index (χ2v) is 5.96. The van der Waals surface area contributed by atoms with E-state index in [1.54, 1.807) is 0 Å². The topological polar surface area (TPSA) is 20.2 Å². The summed E-state index contributed by atoms with van der Waals surface area (Å²) in [5.41, 5.74) is 2.63. The zero-order valence-electron chi connectivity index (χ0n) is 12.9.